The molecule has 0 fully saturated rings. The Kier molecular flexibility index (Phi) is 2.86. The van der Waals surface area contributed by atoms with Crippen molar-refractivity contribution >= 4 is 21.8 Å². The Morgan fingerprint density at radius 2 is 1.86 bits per heavy atom. The topological polar surface area (TPSA) is 37.8 Å². The molecule has 2 aromatic carbocycles. The minimum atomic E-state index is 0.0544. The highest BCUT2D eigenvalue weighted by molar-refractivity contribution is 5.96. The lowest BCUT2D eigenvalue weighted by Crippen LogP contribution is -2.03. The average molecular weight is 288 g/mol. The summed E-state index contributed by atoms with van der Waals surface area (Å²) in [5.41, 5.74) is 3.96. The molecule has 0 saturated carbocycles. The normalized spacial score (nSPS) is 11.3. The molecule has 2 heterocycles. The van der Waals surface area contributed by atoms with Gasteiger partial charge in [0.15, 0.2) is 5.43 Å². The summed E-state index contributed by atoms with van der Waals surface area (Å²) in [7, 11) is 0. The molecule has 0 unspecified atom stereocenters. The summed E-state index contributed by atoms with van der Waals surface area (Å²) in [6, 6.07) is 17.7. The standard InChI is InChI=1S/C19H16N2O/c1-2-21-9-8-14-10-15-17(11-18(14)21)20-16(12-19(15)22)13-6-4-3-5-7-13/h3-12H,2H2,1H3,(H,20,22). The first-order valence-electron chi connectivity index (χ1n) is 7.47. The van der Waals surface area contributed by atoms with E-state index in [0.717, 1.165) is 39.6 Å². The van der Waals surface area contributed by atoms with E-state index in [1.54, 1.807) is 6.07 Å². The Labute approximate surface area is 127 Å². The first-order chi connectivity index (χ1) is 10.8. The lowest BCUT2D eigenvalue weighted by atomic mass is 10.1. The second kappa shape index (κ2) is 4.88. The quantitative estimate of drug-likeness (QED) is 0.590. The van der Waals surface area contributed by atoms with Crippen molar-refractivity contribution in [3.05, 3.63) is 71.0 Å². The average Bonchev–Trinajstić information content (AvgIpc) is 2.96. The van der Waals surface area contributed by atoms with Gasteiger partial charge in [0.1, 0.15) is 0 Å². The Balaban J connectivity index is 2.04. The maximum absolute atomic E-state index is 12.5. The van der Waals surface area contributed by atoms with Gasteiger partial charge in [-0.15, -0.1) is 0 Å². The van der Waals surface area contributed by atoms with Crippen LogP contribution in [-0.2, 0) is 6.54 Å². The number of benzene rings is 2. The fourth-order valence-corrected chi connectivity index (χ4v) is 2.98. The van der Waals surface area contributed by atoms with Crippen molar-refractivity contribution in [2.75, 3.05) is 0 Å². The van der Waals surface area contributed by atoms with Gasteiger partial charge in [-0.1, -0.05) is 30.3 Å². The number of aromatic amines is 1. The van der Waals surface area contributed by atoms with Gasteiger partial charge in [-0.2, -0.15) is 0 Å². The molecule has 1 N–H and O–H groups in total. The van der Waals surface area contributed by atoms with Crippen LogP contribution in [0, 0.1) is 0 Å². The zero-order chi connectivity index (χ0) is 15.1. The van der Waals surface area contributed by atoms with Crippen molar-refractivity contribution in [1.29, 1.82) is 0 Å². The Bertz CT molecular complexity index is 1030. The number of pyridine rings is 1. The van der Waals surface area contributed by atoms with Crippen LogP contribution < -0.4 is 5.43 Å². The van der Waals surface area contributed by atoms with E-state index in [1.807, 2.05) is 36.4 Å². The van der Waals surface area contributed by atoms with Gasteiger partial charge in [0, 0.05) is 35.3 Å². The van der Waals surface area contributed by atoms with Crippen molar-refractivity contribution in [3.8, 4) is 11.3 Å². The number of hydrogen-bond acceptors (Lipinski definition) is 1. The molecule has 0 saturated heterocycles. The van der Waals surface area contributed by atoms with E-state index in [1.165, 1.54) is 0 Å². The fourth-order valence-electron chi connectivity index (χ4n) is 2.98. The number of aryl methyl sites for hydroxylation is 1. The molecule has 0 atom stereocenters. The summed E-state index contributed by atoms with van der Waals surface area (Å²) in [6.45, 7) is 3.03. The molecule has 0 spiro atoms. The highest BCUT2D eigenvalue weighted by atomic mass is 16.1. The molecule has 4 aromatic rings. The van der Waals surface area contributed by atoms with Gasteiger partial charge in [-0.05, 0) is 30.7 Å². The van der Waals surface area contributed by atoms with E-state index in [4.69, 9.17) is 0 Å². The zero-order valence-electron chi connectivity index (χ0n) is 12.3. The third-order valence-corrected chi connectivity index (χ3v) is 4.15. The molecule has 22 heavy (non-hydrogen) atoms. The van der Waals surface area contributed by atoms with Crippen LogP contribution >= 0.6 is 0 Å². The number of aromatic nitrogens is 2. The van der Waals surface area contributed by atoms with Gasteiger partial charge in [-0.25, -0.2) is 0 Å². The molecule has 0 aliphatic carbocycles. The summed E-state index contributed by atoms with van der Waals surface area (Å²) < 4.78 is 2.18. The monoisotopic (exact) mass is 288 g/mol. The molecule has 3 heteroatoms. The largest absolute Gasteiger partial charge is 0.354 e. The summed E-state index contributed by atoms with van der Waals surface area (Å²) in [5, 5.41) is 1.84. The van der Waals surface area contributed by atoms with E-state index in [2.05, 4.69) is 34.8 Å². The minimum absolute atomic E-state index is 0.0544. The van der Waals surface area contributed by atoms with Gasteiger partial charge >= 0.3 is 0 Å². The van der Waals surface area contributed by atoms with Crippen molar-refractivity contribution in [2.24, 2.45) is 0 Å². The first kappa shape index (κ1) is 12.9. The molecular weight excluding hydrogens is 272 g/mol. The molecule has 0 amide bonds. The predicted molar refractivity (Wildman–Crippen MR) is 91.2 cm³/mol. The number of nitrogens with zero attached hydrogens (tertiary/aromatic N) is 1. The van der Waals surface area contributed by atoms with Crippen molar-refractivity contribution in [1.82, 2.24) is 9.55 Å². The van der Waals surface area contributed by atoms with Gasteiger partial charge in [0.2, 0.25) is 0 Å². The molecule has 0 aliphatic rings. The zero-order valence-corrected chi connectivity index (χ0v) is 12.3. The predicted octanol–water partition coefficient (Wildman–Crippen LogP) is 4.17. The number of rotatable bonds is 2. The number of H-pyrrole nitrogens is 1. The van der Waals surface area contributed by atoms with Crippen LogP contribution in [0.3, 0.4) is 0 Å². The van der Waals surface area contributed by atoms with Crippen LogP contribution in [0.5, 0.6) is 0 Å². The van der Waals surface area contributed by atoms with Gasteiger partial charge in [0.05, 0.1) is 11.0 Å². The fraction of sp³-hybridized carbons (Fsp3) is 0.105. The van der Waals surface area contributed by atoms with E-state index in [9.17, 15) is 4.79 Å². The second-order valence-electron chi connectivity index (χ2n) is 5.47. The maximum Gasteiger partial charge on any atom is 0.190 e. The van der Waals surface area contributed by atoms with Crippen LogP contribution in [0.1, 0.15) is 6.92 Å². The number of nitrogens with one attached hydrogen (secondary N) is 1. The highest BCUT2D eigenvalue weighted by Crippen LogP contribution is 2.23. The number of fused-ring (bicyclic) bond motifs is 2. The van der Waals surface area contributed by atoms with Crippen LogP contribution in [-0.4, -0.2) is 9.55 Å². The summed E-state index contributed by atoms with van der Waals surface area (Å²) >= 11 is 0. The SMILES string of the molecule is CCn1ccc2cc3c(=O)cc(-c4ccccc4)[nH]c3cc21. The van der Waals surface area contributed by atoms with Crippen molar-refractivity contribution in [2.45, 2.75) is 13.5 Å². The molecule has 2 aromatic heterocycles. The van der Waals surface area contributed by atoms with Crippen LogP contribution in [0.25, 0.3) is 33.1 Å². The Hall–Kier alpha value is -2.81. The molecular formula is C19H16N2O. The van der Waals surface area contributed by atoms with E-state index in [-0.39, 0.29) is 5.43 Å². The van der Waals surface area contributed by atoms with E-state index in [0.29, 0.717) is 0 Å². The van der Waals surface area contributed by atoms with Gasteiger partial charge in [-0.3, -0.25) is 4.79 Å². The smallest absolute Gasteiger partial charge is 0.190 e. The first-order valence-corrected chi connectivity index (χ1v) is 7.47. The molecule has 0 bridgehead atoms. The van der Waals surface area contributed by atoms with Crippen LogP contribution in [0.2, 0.25) is 0 Å². The maximum atomic E-state index is 12.5. The second-order valence-corrected chi connectivity index (χ2v) is 5.47. The van der Waals surface area contributed by atoms with Crippen molar-refractivity contribution < 1.29 is 0 Å². The molecule has 3 nitrogen and oxygen atoms in total. The summed E-state index contributed by atoms with van der Waals surface area (Å²) in [5.74, 6) is 0. The van der Waals surface area contributed by atoms with Crippen LogP contribution in [0.4, 0.5) is 0 Å². The van der Waals surface area contributed by atoms with Gasteiger partial charge < -0.3 is 9.55 Å². The molecule has 4 rings (SSSR count). The van der Waals surface area contributed by atoms with E-state index >= 15 is 0 Å². The molecule has 0 aliphatic heterocycles. The lowest BCUT2D eigenvalue weighted by Gasteiger charge is -2.06. The Morgan fingerprint density at radius 3 is 2.64 bits per heavy atom. The summed E-state index contributed by atoms with van der Waals surface area (Å²) in [6.07, 6.45) is 2.06. The molecule has 108 valence electrons. The van der Waals surface area contributed by atoms with Gasteiger partial charge in [0.25, 0.3) is 0 Å². The lowest BCUT2D eigenvalue weighted by molar-refractivity contribution is 0.798. The van der Waals surface area contributed by atoms with E-state index < -0.39 is 0 Å². The Morgan fingerprint density at radius 1 is 1.05 bits per heavy atom. The number of hydrogen-bond donors (Lipinski definition) is 1. The third-order valence-electron chi connectivity index (χ3n) is 4.15. The third kappa shape index (κ3) is 1.94. The van der Waals surface area contributed by atoms with Crippen molar-refractivity contribution in [3.63, 3.8) is 0 Å². The molecule has 0 radical (unpaired) electrons. The highest BCUT2D eigenvalue weighted by Gasteiger charge is 2.07. The van der Waals surface area contributed by atoms with Crippen LogP contribution in [0.15, 0.2) is 65.6 Å². The summed E-state index contributed by atoms with van der Waals surface area (Å²) in [4.78, 5) is 15.9. The minimum Gasteiger partial charge on any atom is -0.354 e.